The fraction of sp³-hybridized carbons (Fsp3) is 0.375. The van der Waals surface area contributed by atoms with Gasteiger partial charge < -0.3 is 0 Å². The van der Waals surface area contributed by atoms with Crippen molar-refractivity contribution in [1.82, 2.24) is 19.7 Å². The molecule has 1 aromatic carbocycles. The van der Waals surface area contributed by atoms with E-state index < -0.39 is 0 Å². The Morgan fingerprint density at radius 3 is 2.95 bits per heavy atom. The normalized spacial score (nSPS) is 19.9. The van der Waals surface area contributed by atoms with Crippen LogP contribution < -0.4 is 0 Å². The molecule has 20 heavy (non-hydrogen) atoms. The molecule has 2 aromatic rings. The van der Waals surface area contributed by atoms with Gasteiger partial charge in [0.2, 0.25) is 0 Å². The molecule has 1 aromatic heterocycles. The zero-order valence-electron chi connectivity index (χ0n) is 11.6. The molecule has 1 atom stereocenters. The SMILES string of the molecule is C(=C\c1ccccc1)/CN1CCC[C@@H]1Cn1cncn1. The van der Waals surface area contributed by atoms with Crippen LogP contribution in [0.2, 0.25) is 0 Å². The van der Waals surface area contributed by atoms with Gasteiger partial charge in [0, 0.05) is 12.6 Å². The van der Waals surface area contributed by atoms with Gasteiger partial charge in [-0.3, -0.25) is 9.58 Å². The molecular weight excluding hydrogens is 248 g/mol. The third-order valence-electron chi connectivity index (χ3n) is 3.81. The zero-order valence-corrected chi connectivity index (χ0v) is 11.6. The van der Waals surface area contributed by atoms with Gasteiger partial charge in [0.05, 0.1) is 6.54 Å². The van der Waals surface area contributed by atoms with Crippen molar-refractivity contribution in [2.75, 3.05) is 13.1 Å². The average molecular weight is 268 g/mol. The van der Waals surface area contributed by atoms with Crippen LogP contribution in [0.1, 0.15) is 18.4 Å². The van der Waals surface area contributed by atoms with Gasteiger partial charge in [-0.25, -0.2) is 4.98 Å². The summed E-state index contributed by atoms with van der Waals surface area (Å²) in [5.41, 5.74) is 1.26. The number of hydrogen-bond donors (Lipinski definition) is 0. The van der Waals surface area contributed by atoms with Crippen LogP contribution in [0.3, 0.4) is 0 Å². The minimum absolute atomic E-state index is 0.581. The van der Waals surface area contributed by atoms with E-state index in [-0.39, 0.29) is 0 Å². The zero-order chi connectivity index (χ0) is 13.6. The predicted molar refractivity (Wildman–Crippen MR) is 80.1 cm³/mol. The van der Waals surface area contributed by atoms with E-state index in [4.69, 9.17) is 0 Å². The first-order valence-corrected chi connectivity index (χ1v) is 7.20. The first-order valence-electron chi connectivity index (χ1n) is 7.20. The highest BCUT2D eigenvalue weighted by atomic mass is 15.3. The second kappa shape index (κ2) is 6.48. The highest BCUT2D eigenvalue weighted by Crippen LogP contribution is 2.18. The maximum absolute atomic E-state index is 4.20. The molecule has 0 aliphatic carbocycles. The van der Waals surface area contributed by atoms with Crippen LogP contribution in [0, 0.1) is 0 Å². The third kappa shape index (κ3) is 3.33. The monoisotopic (exact) mass is 268 g/mol. The Bertz CT molecular complexity index is 533. The maximum atomic E-state index is 4.20. The summed E-state index contributed by atoms with van der Waals surface area (Å²) >= 11 is 0. The molecule has 1 fully saturated rings. The average Bonchev–Trinajstić information content (AvgIpc) is 3.13. The van der Waals surface area contributed by atoms with Gasteiger partial charge in [0.1, 0.15) is 12.7 Å². The summed E-state index contributed by atoms with van der Waals surface area (Å²) in [4.78, 5) is 6.54. The molecule has 0 unspecified atom stereocenters. The minimum Gasteiger partial charge on any atom is -0.295 e. The van der Waals surface area contributed by atoms with Crippen LogP contribution in [0.5, 0.6) is 0 Å². The van der Waals surface area contributed by atoms with Crippen LogP contribution in [-0.2, 0) is 6.54 Å². The number of likely N-dealkylation sites (tertiary alicyclic amines) is 1. The third-order valence-corrected chi connectivity index (χ3v) is 3.81. The highest BCUT2D eigenvalue weighted by molar-refractivity contribution is 5.48. The van der Waals surface area contributed by atoms with Gasteiger partial charge >= 0.3 is 0 Å². The van der Waals surface area contributed by atoms with Crippen molar-refractivity contribution >= 4 is 6.08 Å². The number of rotatable bonds is 5. The molecule has 1 aliphatic rings. The van der Waals surface area contributed by atoms with E-state index in [2.05, 4.69) is 51.4 Å². The van der Waals surface area contributed by atoms with Crippen molar-refractivity contribution in [3.8, 4) is 0 Å². The molecule has 0 amide bonds. The summed E-state index contributed by atoms with van der Waals surface area (Å²) < 4.78 is 1.93. The molecule has 4 nitrogen and oxygen atoms in total. The molecule has 3 rings (SSSR count). The fourth-order valence-corrected chi connectivity index (χ4v) is 2.77. The summed E-state index contributed by atoms with van der Waals surface area (Å²) in [6.45, 7) is 3.13. The highest BCUT2D eigenvalue weighted by Gasteiger charge is 2.23. The predicted octanol–water partition coefficient (Wildman–Crippen LogP) is 2.46. The summed E-state index contributed by atoms with van der Waals surface area (Å²) in [5.74, 6) is 0. The molecule has 0 saturated carbocycles. The Hall–Kier alpha value is -1.94. The van der Waals surface area contributed by atoms with Crippen LogP contribution in [0.25, 0.3) is 6.08 Å². The van der Waals surface area contributed by atoms with E-state index in [0.717, 1.165) is 13.1 Å². The lowest BCUT2D eigenvalue weighted by molar-refractivity contribution is 0.249. The van der Waals surface area contributed by atoms with Gasteiger partial charge in [-0.05, 0) is 24.9 Å². The number of benzene rings is 1. The van der Waals surface area contributed by atoms with Gasteiger partial charge in [-0.2, -0.15) is 5.10 Å². The molecule has 1 aliphatic heterocycles. The van der Waals surface area contributed by atoms with Gasteiger partial charge in [0.15, 0.2) is 0 Å². The summed E-state index contributed by atoms with van der Waals surface area (Å²) in [6, 6.07) is 11.0. The van der Waals surface area contributed by atoms with Crippen LogP contribution in [0.4, 0.5) is 0 Å². The molecule has 0 spiro atoms. The minimum atomic E-state index is 0.581. The molecule has 0 bridgehead atoms. The molecule has 0 N–H and O–H groups in total. The number of aromatic nitrogens is 3. The quantitative estimate of drug-likeness (QED) is 0.835. The maximum Gasteiger partial charge on any atom is 0.137 e. The molecule has 4 heteroatoms. The lowest BCUT2D eigenvalue weighted by atomic mass is 10.2. The van der Waals surface area contributed by atoms with E-state index >= 15 is 0 Å². The molecule has 0 radical (unpaired) electrons. The van der Waals surface area contributed by atoms with Crippen LogP contribution >= 0.6 is 0 Å². The first kappa shape index (κ1) is 13.1. The summed E-state index contributed by atoms with van der Waals surface area (Å²) in [6.07, 6.45) is 10.4. The van der Waals surface area contributed by atoms with Crippen LogP contribution in [0.15, 0.2) is 49.1 Å². The van der Waals surface area contributed by atoms with Gasteiger partial charge in [-0.15, -0.1) is 0 Å². The molecule has 1 saturated heterocycles. The Balaban J connectivity index is 1.55. The first-order chi connectivity index (χ1) is 9.92. The van der Waals surface area contributed by atoms with Crippen molar-refractivity contribution in [3.05, 3.63) is 54.6 Å². The molecule has 104 valence electrons. The van der Waals surface area contributed by atoms with Crippen molar-refractivity contribution in [2.24, 2.45) is 0 Å². The second-order valence-electron chi connectivity index (χ2n) is 5.22. The van der Waals surface area contributed by atoms with E-state index in [1.54, 1.807) is 12.7 Å². The lowest BCUT2D eigenvalue weighted by Crippen LogP contribution is -2.33. The lowest BCUT2D eigenvalue weighted by Gasteiger charge is -2.22. The standard InChI is InChI=1S/C16H20N4/c1-2-6-15(7-3-1)8-4-10-19-11-5-9-16(19)12-20-14-17-13-18-20/h1-4,6-8,13-14,16H,5,9-12H2/b8-4+/t16-/m1/s1. The molecule has 2 heterocycles. The summed E-state index contributed by atoms with van der Waals surface area (Å²) in [7, 11) is 0. The topological polar surface area (TPSA) is 34.0 Å². The molecular formula is C16H20N4. The Morgan fingerprint density at radius 1 is 1.25 bits per heavy atom. The second-order valence-corrected chi connectivity index (χ2v) is 5.22. The smallest absolute Gasteiger partial charge is 0.137 e. The van der Waals surface area contributed by atoms with E-state index in [0.29, 0.717) is 6.04 Å². The van der Waals surface area contributed by atoms with Crippen molar-refractivity contribution in [1.29, 1.82) is 0 Å². The Morgan fingerprint density at radius 2 is 2.15 bits per heavy atom. The summed E-state index contributed by atoms with van der Waals surface area (Å²) in [5, 5.41) is 4.20. The van der Waals surface area contributed by atoms with Crippen LogP contribution in [-0.4, -0.2) is 38.8 Å². The Kier molecular flexibility index (Phi) is 4.23. The largest absolute Gasteiger partial charge is 0.295 e. The van der Waals surface area contributed by atoms with Gasteiger partial charge in [-0.1, -0.05) is 42.5 Å². The van der Waals surface area contributed by atoms with Crippen molar-refractivity contribution in [3.63, 3.8) is 0 Å². The van der Waals surface area contributed by atoms with E-state index in [1.807, 2.05) is 10.7 Å². The number of nitrogens with zero attached hydrogens (tertiary/aromatic N) is 4. The van der Waals surface area contributed by atoms with Crippen molar-refractivity contribution < 1.29 is 0 Å². The Labute approximate surface area is 119 Å². The van der Waals surface area contributed by atoms with Crippen molar-refractivity contribution in [2.45, 2.75) is 25.4 Å². The number of hydrogen-bond acceptors (Lipinski definition) is 3. The van der Waals surface area contributed by atoms with Gasteiger partial charge in [0.25, 0.3) is 0 Å². The fourth-order valence-electron chi connectivity index (χ4n) is 2.77. The van der Waals surface area contributed by atoms with E-state index in [1.165, 1.54) is 24.9 Å². The van der Waals surface area contributed by atoms with E-state index in [9.17, 15) is 0 Å².